The summed E-state index contributed by atoms with van der Waals surface area (Å²) in [6.07, 6.45) is -0.0871. The van der Waals surface area contributed by atoms with E-state index < -0.39 is 21.5 Å². The molecule has 1 rings (SSSR count). The molecule has 18 heavy (non-hydrogen) atoms. The maximum atomic E-state index is 12.2. The minimum atomic E-state index is -3.41. The van der Waals surface area contributed by atoms with Gasteiger partial charge in [-0.2, -0.15) is 4.31 Å². The number of esters is 1. The third-order valence-electron chi connectivity index (χ3n) is 2.93. The molecule has 1 aliphatic heterocycles. The molecule has 0 amide bonds. The van der Waals surface area contributed by atoms with Crippen LogP contribution in [0.15, 0.2) is 0 Å². The number of sulfonamides is 1. The minimum Gasteiger partial charge on any atom is -0.466 e. The van der Waals surface area contributed by atoms with Gasteiger partial charge in [0.15, 0.2) is 0 Å². The number of hydrogen-bond acceptors (Lipinski definition) is 5. The number of nitrogens with one attached hydrogen (secondary N) is 1. The second-order valence-corrected chi connectivity index (χ2v) is 6.95. The Labute approximate surface area is 109 Å². The maximum Gasteiger partial charge on any atom is 0.306 e. The van der Waals surface area contributed by atoms with Crippen LogP contribution in [0.3, 0.4) is 0 Å². The van der Waals surface area contributed by atoms with Gasteiger partial charge in [0.2, 0.25) is 10.0 Å². The van der Waals surface area contributed by atoms with Crippen LogP contribution in [0.2, 0.25) is 0 Å². The molecule has 0 aromatic rings. The lowest BCUT2D eigenvalue weighted by molar-refractivity contribution is -0.142. The number of ether oxygens (including phenoxy) is 1. The normalized spacial score (nSPS) is 20.6. The average molecular weight is 278 g/mol. The molecule has 0 atom stereocenters. The van der Waals surface area contributed by atoms with Crippen LogP contribution in [0.5, 0.6) is 0 Å². The van der Waals surface area contributed by atoms with Crippen molar-refractivity contribution in [3.8, 4) is 0 Å². The zero-order valence-corrected chi connectivity index (χ0v) is 12.0. The highest BCUT2D eigenvalue weighted by atomic mass is 32.2. The molecule has 1 heterocycles. The van der Waals surface area contributed by atoms with Crippen LogP contribution in [0.1, 0.15) is 27.2 Å². The largest absolute Gasteiger partial charge is 0.466 e. The van der Waals surface area contributed by atoms with Crippen LogP contribution >= 0.6 is 0 Å². The molecule has 0 aliphatic carbocycles. The summed E-state index contributed by atoms with van der Waals surface area (Å²) in [5.74, 6) is -0.649. The first kappa shape index (κ1) is 15.4. The standard InChI is InChI=1S/C11H22N2O4S/c1-4-17-10(14)5-8-18(15,16)13-7-6-12-9-11(13,2)3/h12H,4-9H2,1-3H3. The van der Waals surface area contributed by atoms with Gasteiger partial charge in [-0.15, -0.1) is 0 Å². The maximum absolute atomic E-state index is 12.2. The van der Waals surface area contributed by atoms with Crippen molar-refractivity contribution < 1.29 is 17.9 Å². The lowest BCUT2D eigenvalue weighted by atomic mass is 10.0. The van der Waals surface area contributed by atoms with Crippen LogP contribution < -0.4 is 5.32 Å². The van der Waals surface area contributed by atoms with E-state index in [0.29, 0.717) is 19.6 Å². The van der Waals surface area contributed by atoms with Gasteiger partial charge in [-0.1, -0.05) is 0 Å². The first-order chi connectivity index (χ1) is 8.29. The molecule has 1 N–H and O–H groups in total. The van der Waals surface area contributed by atoms with E-state index in [1.54, 1.807) is 6.92 Å². The van der Waals surface area contributed by atoms with Crippen LogP contribution in [-0.4, -0.2) is 56.2 Å². The Hall–Kier alpha value is -0.660. The Morgan fingerprint density at radius 3 is 2.67 bits per heavy atom. The van der Waals surface area contributed by atoms with Crippen molar-refractivity contribution in [2.24, 2.45) is 0 Å². The molecule has 0 saturated carbocycles. The van der Waals surface area contributed by atoms with Crippen LogP contribution in [0.25, 0.3) is 0 Å². The van der Waals surface area contributed by atoms with Crippen molar-refractivity contribution in [3.63, 3.8) is 0 Å². The second-order valence-electron chi connectivity index (χ2n) is 4.93. The van der Waals surface area contributed by atoms with Crippen molar-refractivity contribution in [2.45, 2.75) is 32.7 Å². The molecule has 0 aromatic carbocycles. The summed E-state index contributed by atoms with van der Waals surface area (Å²) in [5.41, 5.74) is -0.453. The topological polar surface area (TPSA) is 75.7 Å². The number of hydrogen-bond donors (Lipinski definition) is 1. The van der Waals surface area contributed by atoms with E-state index in [4.69, 9.17) is 4.74 Å². The Morgan fingerprint density at radius 2 is 2.11 bits per heavy atom. The second kappa shape index (κ2) is 5.99. The number of nitrogens with zero attached hydrogens (tertiary/aromatic N) is 1. The molecular formula is C11H22N2O4S. The van der Waals surface area contributed by atoms with Gasteiger partial charge in [0, 0.05) is 25.2 Å². The van der Waals surface area contributed by atoms with Gasteiger partial charge in [-0.25, -0.2) is 8.42 Å². The van der Waals surface area contributed by atoms with Crippen molar-refractivity contribution in [3.05, 3.63) is 0 Å². The molecule has 1 saturated heterocycles. The Balaban J connectivity index is 2.65. The summed E-state index contributed by atoms with van der Waals surface area (Å²) in [7, 11) is -3.41. The Kier molecular flexibility index (Phi) is 5.12. The smallest absolute Gasteiger partial charge is 0.306 e. The van der Waals surface area contributed by atoms with E-state index in [2.05, 4.69) is 5.32 Å². The van der Waals surface area contributed by atoms with E-state index in [1.165, 1.54) is 4.31 Å². The molecule has 1 aliphatic rings. The molecule has 1 fully saturated rings. The average Bonchev–Trinajstić information content (AvgIpc) is 2.26. The molecule has 0 spiro atoms. The summed E-state index contributed by atoms with van der Waals surface area (Å²) in [6.45, 7) is 7.43. The Bertz CT molecular complexity index is 392. The predicted molar refractivity (Wildman–Crippen MR) is 68.7 cm³/mol. The zero-order chi connectivity index (χ0) is 13.8. The van der Waals surface area contributed by atoms with E-state index in [1.807, 2.05) is 13.8 Å². The van der Waals surface area contributed by atoms with Gasteiger partial charge in [0.05, 0.1) is 18.8 Å². The molecular weight excluding hydrogens is 256 g/mol. The summed E-state index contributed by atoms with van der Waals surface area (Å²) >= 11 is 0. The quantitative estimate of drug-likeness (QED) is 0.714. The number of carbonyl (C=O) groups excluding carboxylic acids is 1. The molecule has 0 radical (unpaired) electrons. The van der Waals surface area contributed by atoms with Gasteiger partial charge < -0.3 is 10.1 Å². The number of rotatable bonds is 5. The molecule has 0 bridgehead atoms. The fourth-order valence-electron chi connectivity index (χ4n) is 2.04. The van der Waals surface area contributed by atoms with Crippen molar-refractivity contribution in [2.75, 3.05) is 32.0 Å². The molecule has 106 valence electrons. The third kappa shape index (κ3) is 3.93. The predicted octanol–water partition coefficient (Wildman–Crippen LogP) is -0.0468. The molecule has 6 nitrogen and oxygen atoms in total. The fraction of sp³-hybridized carbons (Fsp3) is 0.909. The third-order valence-corrected chi connectivity index (χ3v) is 5.00. The van der Waals surface area contributed by atoms with Crippen molar-refractivity contribution >= 4 is 16.0 Å². The number of piperazine rings is 1. The molecule has 7 heteroatoms. The van der Waals surface area contributed by atoms with E-state index in [9.17, 15) is 13.2 Å². The summed E-state index contributed by atoms with van der Waals surface area (Å²) < 4.78 is 30.6. The Morgan fingerprint density at radius 1 is 1.44 bits per heavy atom. The molecule has 0 unspecified atom stereocenters. The van der Waals surface area contributed by atoms with Crippen molar-refractivity contribution in [1.82, 2.24) is 9.62 Å². The first-order valence-electron chi connectivity index (χ1n) is 6.16. The molecule has 0 aromatic heterocycles. The lowest BCUT2D eigenvalue weighted by Crippen LogP contribution is -2.60. The monoisotopic (exact) mass is 278 g/mol. The van der Waals surface area contributed by atoms with Gasteiger partial charge in [0.25, 0.3) is 0 Å². The lowest BCUT2D eigenvalue weighted by Gasteiger charge is -2.41. The fourth-order valence-corrected chi connectivity index (χ4v) is 3.87. The van der Waals surface area contributed by atoms with E-state index >= 15 is 0 Å². The number of carbonyl (C=O) groups is 1. The van der Waals surface area contributed by atoms with E-state index in [-0.39, 0.29) is 18.8 Å². The van der Waals surface area contributed by atoms with Gasteiger partial charge in [0.1, 0.15) is 0 Å². The van der Waals surface area contributed by atoms with E-state index in [0.717, 1.165) is 0 Å². The SMILES string of the molecule is CCOC(=O)CCS(=O)(=O)N1CCNCC1(C)C. The van der Waals surface area contributed by atoms with Crippen LogP contribution in [0.4, 0.5) is 0 Å². The highest BCUT2D eigenvalue weighted by Crippen LogP contribution is 2.21. The summed E-state index contributed by atoms with van der Waals surface area (Å²) in [6, 6.07) is 0. The van der Waals surface area contributed by atoms with Gasteiger partial charge >= 0.3 is 5.97 Å². The van der Waals surface area contributed by atoms with Gasteiger partial charge in [-0.3, -0.25) is 4.79 Å². The first-order valence-corrected chi connectivity index (χ1v) is 7.77. The minimum absolute atomic E-state index is 0.0871. The van der Waals surface area contributed by atoms with Gasteiger partial charge in [-0.05, 0) is 20.8 Å². The highest BCUT2D eigenvalue weighted by molar-refractivity contribution is 7.89. The van der Waals surface area contributed by atoms with Crippen molar-refractivity contribution in [1.29, 1.82) is 0 Å². The zero-order valence-electron chi connectivity index (χ0n) is 11.2. The summed E-state index contributed by atoms with van der Waals surface area (Å²) in [4.78, 5) is 11.2. The van der Waals surface area contributed by atoms with Crippen LogP contribution in [0, 0.1) is 0 Å². The van der Waals surface area contributed by atoms with Crippen LogP contribution in [-0.2, 0) is 19.6 Å². The summed E-state index contributed by atoms with van der Waals surface area (Å²) in [5, 5.41) is 3.16. The highest BCUT2D eigenvalue weighted by Gasteiger charge is 2.37.